The molecule has 0 unspecified atom stereocenters. The summed E-state index contributed by atoms with van der Waals surface area (Å²) in [4.78, 5) is 44.2. The Morgan fingerprint density at radius 1 is 0.756 bits per heavy atom. The van der Waals surface area contributed by atoms with Gasteiger partial charge in [-0.15, -0.1) is 0 Å². The number of urea groups is 1. The Labute approximate surface area is 241 Å². The van der Waals surface area contributed by atoms with Crippen LogP contribution in [0.2, 0.25) is 0 Å². The van der Waals surface area contributed by atoms with E-state index >= 15 is 0 Å². The second-order valence-electron chi connectivity index (χ2n) is 9.85. The number of nitrogens with one attached hydrogen (secondary N) is 3. The van der Waals surface area contributed by atoms with E-state index in [4.69, 9.17) is 11.5 Å². The standard InChI is InChI=1S/C31H39N7O3/c1-38(2)31(41)36-21-23-17-15-22(16-18-23)20-35-28(39)26(14-9-19-34-30(32)33)37-29(40)27(24-10-5-3-6-11-24)25-12-7-4-8-13-25/h3-8,10-13,15-18,26-27H,9,14,19-21H2,1-2H3,(H,35,39)(H,36,41)(H,37,40)(H4,32,33,34)/t26-/m1/s1. The van der Waals surface area contributed by atoms with E-state index in [0.29, 0.717) is 25.9 Å². The summed E-state index contributed by atoms with van der Waals surface area (Å²) in [7, 11) is 3.36. The van der Waals surface area contributed by atoms with E-state index in [-0.39, 0.29) is 30.3 Å². The van der Waals surface area contributed by atoms with Crippen molar-refractivity contribution in [3.8, 4) is 0 Å². The largest absolute Gasteiger partial charge is 0.370 e. The summed E-state index contributed by atoms with van der Waals surface area (Å²) in [5, 5.41) is 8.74. The zero-order valence-corrected chi connectivity index (χ0v) is 23.5. The third kappa shape index (κ3) is 9.99. The first-order valence-electron chi connectivity index (χ1n) is 13.5. The smallest absolute Gasteiger partial charge is 0.317 e. The fourth-order valence-electron chi connectivity index (χ4n) is 4.24. The van der Waals surface area contributed by atoms with Crippen LogP contribution in [0, 0.1) is 0 Å². The van der Waals surface area contributed by atoms with Gasteiger partial charge in [0.2, 0.25) is 11.8 Å². The van der Waals surface area contributed by atoms with Gasteiger partial charge in [0.15, 0.2) is 5.96 Å². The molecule has 41 heavy (non-hydrogen) atoms. The minimum atomic E-state index is -0.785. The average molecular weight is 558 g/mol. The second-order valence-corrected chi connectivity index (χ2v) is 9.85. The lowest BCUT2D eigenvalue weighted by Gasteiger charge is -2.23. The van der Waals surface area contributed by atoms with E-state index in [1.54, 1.807) is 14.1 Å². The quantitative estimate of drug-likeness (QED) is 0.124. The molecule has 216 valence electrons. The van der Waals surface area contributed by atoms with Crippen molar-refractivity contribution >= 4 is 23.8 Å². The van der Waals surface area contributed by atoms with Crippen molar-refractivity contribution in [3.63, 3.8) is 0 Å². The molecular weight excluding hydrogens is 518 g/mol. The number of nitrogens with two attached hydrogens (primary N) is 2. The molecule has 0 aliphatic rings. The van der Waals surface area contributed by atoms with E-state index in [2.05, 4.69) is 20.9 Å². The Morgan fingerprint density at radius 2 is 1.27 bits per heavy atom. The van der Waals surface area contributed by atoms with E-state index in [1.165, 1.54) is 4.90 Å². The molecule has 3 rings (SSSR count). The molecule has 0 aliphatic carbocycles. The predicted octanol–water partition coefficient (Wildman–Crippen LogP) is 2.44. The van der Waals surface area contributed by atoms with Crippen molar-refractivity contribution < 1.29 is 14.4 Å². The maximum Gasteiger partial charge on any atom is 0.317 e. The van der Waals surface area contributed by atoms with Gasteiger partial charge in [0.25, 0.3) is 0 Å². The lowest BCUT2D eigenvalue weighted by atomic mass is 9.90. The Bertz CT molecular complexity index is 1250. The Morgan fingerprint density at radius 3 is 1.76 bits per heavy atom. The highest BCUT2D eigenvalue weighted by molar-refractivity contribution is 5.92. The first kappa shape index (κ1) is 30.7. The Kier molecular flexibility index (Phi) is 11.7. The van der Waals surface area contributed by atoms with Gasteiger partial charge >= 0.3 is 6.03 Å². The minimum absolute atomic E-state index is 0.0204. The zero-order valence-electron chi connectivity index (χ0n) is 23.5. The van der Waals surface area contributed by atoms with E-state index in [0.717, 1.165) is 22.3 Å². The van der Waals surface area contributed by atoms with Gasteiger partial charge in [-0.2, -0.15) is 0 Å². The number of benzene rings is 3. The summed E-state index contributed by atoms with van der Waals surface area (Å²) in [6.45, 7) is 1.02. The lowest BCUT2D eigenvalue weighted by molar-refractivity contribution is -0.129. The number of amides is 4. The maximum atomic E-state index is 13.7. The SMILES string of the molecule is CN(C)C(=O)NCc1ccc(CNC(=O)[C@@H](CCCN=C(N)N)NC(=O)C(c2ccccc2)c2ccccc2)cc1. The van der Waals surface area contributed by atoms with Gasteiger partial charge in [0.05, 0.1) is 5.92 Å². The number of aliphatic imine (C=N–C) groups is 1. The number of rotatable bonds is 13. The molecule has 0 heterocycles. The molecule has 3 aromatic carbocycles. The Hall–Kier alpha value is -4.86. The van der Waals surface area contributed by atoms with Crippen LogP contribution in [0.4, 0.5) is 4.79 Å². The molecule has 10 nitrogen and oxygen atoms in total. The van der Waals surface area contributed by atoms with E-state index in [1.807, 2.05) is 84.9 Å². The molecular formula is C31H39N7O3. The molecule has 10 heteroatoms. The number of guanidine groups is 1. The molecule has 0 fully saturated rings. The number of nitrogens with zero attached hydrogens (tertiary/aromatic N) is 2. The van der Waals surface area contributed by atoms with Gasteiger partial charge in [0.1, 0.15) is 6.04 Å². The van der Waals surface area contributed by atoms with Gasteiger partial charge in [-0.25, -0.2) is 4.79 Å². The van der Waals surface area contributed by atoms with Gasteiger partial charge in [0, 0.05) is 33.7 Å². The monoisotopic (exact) mass is 557 g/mol. The fraction of sp³-hybridized carbons (Fsp3) is 0.290. The molecule has 4 amide bonds. The topological polar surface area (TPSA) is 155 Å². The number of hydrogen-bond donors (Lipinski definition) is 5. The minimum Gasteiger partial charge on any atom is -0.370 e. The van der Waals surface area contributed by atoms with Crippen molar-refractivity contribution in [1.82, 2.24) is 20.9 Å². The normalized spacial score (nSPS) is 11.3. The summed E-state index contributed by atoms with van der Waals surface area (Å²) in [5.74, 6) is -1.17. The van der Waals surface area contributed by atoms with Crippen LogP contribution in [-0.2, 0) is 22.7 Å². The van der Waals surface area contributed by atoms with Crippen LogP contribution in [0.1, 0.15) is 41.0 Å². The van der Waals surface area contributed by atoms with Crippen LogP contribution in [0.25, 0.3) is 0 Å². The van der Waals surface area contributed by atoms with Crippen molar-refractivity contribution in [3.05, 3.63) is 107 Å². The first-order valence-corrected chi connectivity index (χ1v) is 13.5. The molecule has 0 aliphatic heterocycles. The first-order chi connectivity index (χ1) is 19.7. The van der Waals surface area contributed by atoms with Gasteiger partial charge in [-0.1, -0.05) is 84.9 Å². The zero-order chi connectivity index (χ0) is 29.6. The number of hydrogen-bond acceptors (Lipinski definition) is 4. The average Bonchev–Trinajstić information content (AvgIpc) is 2.97. The van der Waals surface area contributed by atoms with E-state index in [9.17, 15) is 14.4 Å². The Balaban J connectivity index is 1.69. The fourth-order valence-corrected chi connectivity index (χ4v) is 4.24. The van der Waals surface area contributed by atoms with E-state index < -0.39 is 12.0 Å². The van der Waals surface area contributed by atoms with Crippen LogP contribution in [0.5, 0.6) is 0 Å². The summed E-state index contributed by atoms with van der Waals surface area (Å²) in [6, 6.07) is 25.6. The van der Waals surface area contributed by atoms with Crippen LogP contribution in [0.15, 0.2) is 89.9 Å². The molecule has 3 aromatic rings. The number of carbonyl (C=O) groups is 3. The van der Waals surface area contributed by atoms with Gasteiger partial charge < -0.3 is 32.3 Å². The highest BCUT2D eigenvalue weighted by atomic mass is 16.2. The summed E-state index contributed by atoms with van der Waals surface area (Å²) >= 11 is 0. The third-order valence-electron chi connectivity index (χ3n) is 6.45. The molecule has 0 spiro atoms. The molecule has 0 saturated heterocycles. The second kappa shape index (κ2) is 15.7. The maximum absolute atomic E-state index is 13.7. The van der Waals surface area contributed by atoms with Gasteiger partial charge in [-0.05, 0) is 35.1 Å². The van der Waals surface area contributed by atoms with Crippen LogP contribution in [0.3, 0.4) is 0 Å². The molecule has 1 atom stereocenters. The van der Waals surface area contributed by atoms with Crippen molar-refractivity contribution in [2.45, 2.75) is 37.9 Å². The van der Waals surface area contributed by atoms with Crippen LogP contribution < -0.4 is 27.4 Å². The van der Waals surface area contributed by atoms with Crippen molar-refractivity contribution in [1.29, 1.82) is 0 Å². The predicted molar refractivity (Wildman–Crippen MR) is 161 cm³/mol. The molecule has 7 N–H and O–H groups in total. The van der Waals surface area contributed by atoms with Crippen LogP contribution in [-0.4, -0.2) is 55.4 Å². The highest BCUT2D eigenvalue weighted by Crippen LogP contribution is 2.25. The van der Waals surface area contributed by atoms with Crippen molar-refractivity contribution in [2.24, 2.45) is 16.5 Å². The summed E-state index contributed by atoms with van der Waals surface area (Å²) < 4.78 is 0. The van der Waals surface area contributed by atoms with Gasteiger partial charge in [-0.3, -0.25) is 14.6 Å². The lowest BCUT2D eigenvalue weighted by Crippen LogP contribution is -2.48. The summed E-state index contributed by atoms with van der Waals surface area (Å²) in [5.41, 5.74) is 14.4. The molecule has 0 bridgehead atoms. The highest BCUT2D eigenvalue weighted by Gasteiger charge is 2.27. The third-order valence-corrected chi connectivity index (χ3v) is 6.45. The molecule has 0 aromatic heterocycles. The number of carbonyl (C=O) groups excluding carboxylic acids is 3. The molecule has 0 radical (unpaired) electrons. The molecule has 0 saturated carbocycles. The van der Waals surface area contributed by atoms with Crippen molar-refractivity contribution in [2.75, 3.05) is 20.6 Å². The van der Waals surface area contributed by atoms with Crippen LogP contribution >= 0.6 is 0 Å². The summed E-state index contributed by atoms with van der Waals surface area (Å²) in [6.07, 6.45) is 0.861.